The molecular weight excluding hydrogens is 319 g/mol. The van der Waals surface area contributed by atoms with Crippen molar-refractivity contribution in [1.82, 2.24) is 0 Å². The van der Waals surface area contributed by atoms with Gasteiger partial charge in [-0.2, -0.15) is 0 Å². The molecule has 0 aliphatic heterocycles. The van der Waals surface area contributed by atoms with Gasteiger partial charge in [0.1, 0.15) is 11.5 Å². The summed E-state index contributed by atoms with van der Waals surface area (Å²) in [5.74, 6) is -1.49. The summed E-state index contributed by atoms with van der Waals surface area (Å²) in [7, 11) is 0. The Morgan fingerprint density at radius 1 is 0.900 bits per heavy atom. The molecule has 0 bridgehead atoms. The molecule has 110 valence electrons. The van der Waals surface area contributed by atoms with E-state index in [2.05, 4.69) is 0 Å². The number of hydrogen-bond donors (Lipinski definition) is 4. The molecule has 0 heterocycles. The van der Waals surface area contributed by atoms with Crippen LogP contribution in [0.25, 0.3) is 0 Å². The van der Waals surface area contributed by atoms with Gasteiger partial charge in [-0.05, 0) is 0 Å². The van der Waals surface area contributed by atoms with E-state index in [1.165, 1.54) is 0 Å². The van der Waals surface area contributed by atoms with E-state index in [-0.39, 0.29) is 5.03 Å². The van der Waals surface area contributed by atoms with Crippen molar-refractivity contribution in [3.05, 3.63) is 10.1 Å². The predicted octanol–water partition coefficient (Wildman–Crippen LogP) is 0.784. The van der Waals surface area contributed by atoms with Crippen LogP contribution in [0.4, 0.5) is 0 Å². The quantitative estimate of drug-likeness (QED) is 0.437. The Balaban J connectivity index is 0. The molecule has 0 rings (SSSR count). The van der Waals surface area contributed by atoms with Crippen LogP contribution in [-0.4, -0.2) is 44.3 Å². The maximum Gasteiger partial charge on any atom is 0.381 e. The summed E-state index contributed by atoms with van der Waals surface area (Å²) in [6, 6.07) is 0. The molecule has 0 aromatic heterocycles. The van der Waals surface area contributed by atoms with Gasteiger partial charge in [-0.25, -0.2) is 9.59 Å². The summed E-state index contributed by atoms with van der Waals surface area (Å²) in [5.41, 5.74) is 0. The van der Waals surface area contributed by atoms with Gasteiger partial charge in [0, 0.05) is 5.92 Å². The van der Waals surface area contributed by atoms with E-state index < -0.39 is 41.8 Å². The highest BCUT2D eigenvalue weighted by Crippen LogP contribution is 2.17. The van der Waals surface area contributed by atoms with Crippen molar-refractivity contribution in [2.75, 3.05) is 0 Å². The summed E-state index contributed by atoms with van der Waals surface area (Å²) in [4.78, 5) is 39.3. The van der Waals surface area contributed by atoms with Crippen molar-refractivity contribution in [3.63, 3.8) is 0 Å². The molecule has 0 unspecified atom stereocenters. The largest absolute Gasteiger partial charge is 0.481 e. The van der Waals surface area contributed by atoms with Gasteiger partial charge < -0.3 is 20.4 Å². The molecule has 0 spiro atoms. The topological polar surface area (TPSA) is 149 Å². The average molecular weight is 327 g/mol. The normalized spacial score (nSPS) is 9.90. The molecule has 20 heavy (non-hydrogen) atoms. The lowest BCUT2D eigenvalue weighted by molar-refractivity contribution is -0.137. The second-order valence-electron chi connectivity index (χ2n) is 2.77. The number of carboxylic acid groups (broad SMARTS) is 4. The molecule has 0 fully saturated rings. The van der Waals surface area contributed by atoms with Gasteiger partial charge in [-0.3, -0.25) is 9.59 Å². The highest BCUT2D eigenvalue weighted by atomic mass is 35.5. The number of carbonyl (C=O) groups is 4. The van der Waals surface area contributed by atoms with Crippen molar-refractivity contribution in [2.24, 2.45) is 0 Å². The van der Waals surface area contributed by atoms with Gasteiger partial charge in [-0.15, -0.1) is 0 Å². The number of aliphatic carboxylic acids is 4. The monoisotopic (exact) mass is 326 g/mol. The van der Waals surface area contributed by atoms with Crippen LogP contribution < -0.4 is 0 Å². The highest BCUT2D eigenvalue weighted by Gasteiger charge is 2.12. The van der Waals surface area contributed by atoms with Crippen LogP contribution >= 0.6 is 23.2 Å². The van der Waals surface area contributed by atoms with E-state index in [4.69, 9.17) is 43.6 Å². The van der Waals surface area contributed by atoms with E-state index in [9.17, 15) is 19.2 Å². The maximum absolute atomic E-state index is 10.1. The number of halogens is 2. The molecule has 0 aromatic rings. The first-order valence-electron chi connectivity index (χ1n) is 4.50. The lowest BCUT2D eigenvalue weighted by Gasteiger charge is -1.94. The Bertz CT molecular complexity index is 497. The van der Waals surface area contributed by atoms with E-state index in [0.717, 1.165) is 0 Å². The van der Waals surface area contributed by atoms with Crippen molar-refractivity contribution in [2.45, 2.75) is 12.8 Å². The summed E-state index contributed by atoms with van der Waals surface area (Å²) in [6.07, 6.45) is -1.00. The van der Waals surface area contributed by atoms with Crippen LogP contribution in [0.15, 0.2) is 10.1 Å². The van der Waals surface area contributed by atoms with Gasteiger partial charge >= 0.3 is 23.9 Å². The highest BCUT2D eigenvalue weighted by molar-refractivity contribution is 6.47. The molecule has 0 atom stereocenters. The van der Waals surface area contributed by atoms with Crippen molar-refractivity contribution in [1.29, 1.82) is 0 Å². The van der Waals surface area contributed by atoms with Gasteiger partial charge in [0.05, 0.1) is 11.5 Å². The van der Waals surface area contributed by atoms with Crippen LogP contribution in [0.3, 0.4) is 0 Å². The number of hydrogen-bond acceptors (Lipinski definition) is 4. The van der Waals surface area contributed by atoms with Crippen molar-refractivity contribution in [3.8, 4) is 11.8 Å². The molecule has 8 nitrogen and oxygen atoms in total. The predicted molar refractivity (Wildman–Crippen MR) is 66.3 cm³/mol. The third-order valence-electron chi connectivity index (χ3n) is 1.17. The third kappa shape index (κ3) is 13.8. The number of carboxylic acids is 4. The maximum atomic E-state index is 10.1. The first kappa shape index (κ1) is 20.1. The zero-order valence-electron chi connectivity index (χ0n) is 9.59. The van der Waals surface area contributed by atoms with E-state index in [1.54, 1.807) is 5.92 Å². The van der Waals surface area contributed by atoms with Crippen molar-refractivity contribution < 1.29 is 39.6 Å². The van der Waals surface area contributed by atoms with Crippen LogP contribution in [-0.2, 0) is 19.2 Å². The van der Waals surface area contributed by atoms with Crippen molar-refractivity contribution >= 4 is 47.1 Å². The minimum absolute atomic E-state index is 0.383. The second kappa shape index (κ2) is 10.7. The van der Waals surface area contributed by atoms with Crippen LogP contribution in [0.5, 0.6) is 0 Å². The van der Waals surface area contributed by atoms with Crippen LogP contribution in [0.1, 0.15) is 12.8 Å². The SMILES string of the molecule is O=C(O)C#CCC(=O)O.O=C(O)C/C(Cl)=C(\Cl)C(=O)O. The lowest BCUT2D eigenvalue weighted by atomic mass is 10.4. The minimum atomic E-state index is -1.43. The Hall–Kier alpha value is -2.24. The smallest absolute Gasteiger partial charge is 0.381 e. The summed E-state index contributed by atoms with van der Waals surface area (Å²) in [6.45, 7) is 0. The molecule has 0 aromatic carbocycles. The third-order valence-corrected chi connectivity index (χ3v) is 1.98. The fourth-order valence-corrected chi connectivity index (χ4v) is 0.784. The van der Waals surface area contributed by atoms with E-state index in [0.29, 0.717) is 0 Å². The Morgan fingerprint density at radius 3 is 1.70 bits per heavy atom. The van der Waals surface area contributed by atoms with Gasteiger partial charge in [-0.1, -0.05) is 29.1 Å². The van der Waals surface area contributed by atoms with Gasteiger partial charge in [0.2, 0.25) is 0 Å². The van der Waals surface area contributed by atoms with E-state index >= 15 is 0 Å². The van der Waals surface area contributed by atoms with Crippen LogP contribution in [0, 0.1) is 11.8 Å². The number of rotatable bonds is 4. The zero-order valence-corrected chi connectivity index (χ0v) is 11.1. The summed E-state index contributed by atoms with van der Waals surface area (Å²) in [5, 5.41) is 31.1. The first-order valence-corrected chi connectivity index (χ1v) is 5.26. The molecule has 0 saturated carbocycles. The average Bonchev–Trinajstić information content (AvgIpc) is 2.26. The second-order valence-corrected chi connectivity index (χ2v) is 3.61. The first-order chi connectivity index (χ1) is 9.07. The van der Waals surface area contributed by atoms with Gasteiger partial charge in [0.25, 0.3) is 0 Å². The molecule has 10 heteroatoms. The van der Waals surface area contributed by atoms with Gasteiger partial charge in [0.15, 0.2) is 0 Å². The fraction of sp³-hybridized carbons (Fsp3) is 0.200. The molecular formula is C10H8Cl2O8. The zero-order chi connectivity index (χ0) is 16.3. The van der Waals surface area contributed by atoms with Crippen LogP contribution in [0.2, 0.25) is 0 Å². The lowest BCUT2D eigenvalue weighted by Crippen LogP contribution is -2.00. The van der Waals surface area contributed by atoms with E-state index in [1.807, 2.05) is 5.92 Å². The molecule has 0 amide bonds. The Labute approximate surface area is 122 Å². The molecule has 0 saturated heterocycles. The molecule has 0 aliphatic rings. The Kier molecular flexibility index (Phi) is 10.7. The molecule has 0 aliphatic carbocycles. The fourth-order valence-electron chi connectivity index (χ4n) is 0.522. The summed E-state index contributed by atoms with van der Waals surface area (Å²) < 4.78 is 0. The minimum Gasteiger partial charge on any atom is -0.481 e. The molecule has 4 N–H and O–H groups in total. The Morgan fingerprint density at radius 2 is 1.40 bits per heavy atom. The molecule has 0 radical (unpaired) electrons. The summed E-state index contributed by atoms with van der Waals surface area (Å²) >= 11 is 10.3. The standard InChI is InChI=1S/C5H4Cl2O4.C5H4O4/c6-2(1-3(8)9)4(7)5(10)11;6-4(7)2-1-3-5(8)9/h1H2,(H,8,9)(H,10,11);2H2,(H,6,7)(H,8,9)/b4-2+;.